The van der Waals surface area contributed by atoms with Crippen molar-refractivity contribution in [3.05, 3.63) is 47.5 Å². The molecule has 0 bridgehead atoms. The number of aliphatic imine (C=N–C) groups is 1. The summed E-state index contributed by atoms with van der Waals surface area (Å²) in [5.74, 6) is 0.916. The number of hydrogen-bond acceptors (Lipinski definition) is 3. The van der Waals surface area contributed by atoms with E-state index in [9.17, 15) is 0 Å². The van der Waals surface area contributed by atoms with Gasteiger partial charge in [-0.25, -0.2) is 0 Å². The molecule has 2 nitrogen and oxygen atoms in total. The highest BCUT2D eigenvalue weighted by atomic mass is 35.5. The van der Waals surface area contributed by atoms with E-state index in [2.05, 4.69) is 35.7 Å². The van der Waals surface area contributed by atoms with Gasteiger partial charge in [0.25, 0.3) is 0 Å². The molecule has 4 heteroatoms. The quantitative estimate of drug-likeness (QED) is 0.774. The molecule has 2 unspecified atom stereocenters. The van der Waals surface area contributed by atoms with E-state index in [0.717, 1.165) is 10.8 Å². The second-order valence-corrected chi connectivity index (χ2v) is 5.43. The van der Waals surface area contributed by atoms with Crippen LogP contribution in [0.1, 0.15) is 11.6 Å². The van der Waals surface area contributed by atoms with Gasteiger partial charge in [-0.3, -0.25) is 9.89 Å². The van der Waals surface area contributed by atoms with Crippen molar-refractivity contribution in [1.29, 1.82) is 0 Å². The Hall–Kier alpha value is -0.770. The molecule has 2 rings (SSSR count). The highest BCUT2D eigenvalue weighted by Gasteiger charge is 2.27. The van der Waals surface area contributed by atoms with Crippen LogP contribution in [-0.2, 0) is 0 Å². The highest BCUT2D eigenvalue weighted by molar-refractivity contribution is 7.99. The summed E-state index contributed by atoms with van der Waals surface area (Å²) in [6.45, 7) is 3.73. The standard InChI is InChI=1S/C13H15ClN2S/c1-3-8-17-13-15-9-12(16(13)2)10-4-6-11(14)7-5-10/h3-7,9,12-13H,1,8H2,2H3. The fourth-order valence-corrected chi connectivity index (χ4v) is 2.76. The number of benzene rings is 1. The van der Waals surface area contributed by atoms with Gasteiger partial charge in [0.05, 0.1) is 6.04 Å². The molecule has 0 N–H and O–H groups in total. The van der Waals surface area contributed by atoms with Crippen molar-refractivity contribution in [3.63, 3.8) is 0 Å². The Morgan fingerprint density at radius 3 is 2.82 bits per heavy atom. The Bertz CT molecular complexity index is 416. The summed E-state index contributed by atoms with van der Waals surface area (Å²) in [7, 11) is 2.09. The molecule has 0 aliphatic carbocycles. The average molecular weight is 267 g/mol. The highest BCUT2D eigenvalue weighted by Crippen LogP contribution is 2.31. The summed E-state index contributed by atoms with van der Waals surface area (Å²) in [5, 5.41) is 0.768. The smallest absolute Gasteiger partial charge is 0.149 e. The van der Waals surface area contributed by atoms with Crippen LogP contribution in [0.4, 0.5) is 0 Å². The van der Waals surface area contributed by atoms with Gasteiger partial charge in [-0.05, 0) is 24.7 Å². The molecule has 1 aromatic rings. The summed E-state index contributed by atoms with van der Waals surface area (Å²) in [5.41, 5.74) is 1.41. The lowest BCUT2D eigenvalue weighted by Crippen LogP contribution is -2.26. The molecule has 1 aliphatic heterocycles. The van der Waals surface area contributed by atoms with Crippen molar-refractivity contribution in [1.82, 2.24) is 4.90 Å². The molecule has 0 fully saturated rings. The number of thioether (sulfide) groups is 1. The zero-order valence-corrected chi connectivity index (χ0v) is 11.3. The molecule has 0 saturated carbocycles. The van der Waals surface area contributed by atoms with Crippen LogP contribution in [0.2, 0.25) is 5.02 Å². The minimum Gasteiger partial charge on any atom is -0.265 e. The van der Waals surface area contributed by atoms with Gasteiger partial charge in [0.15, 0.2) is 0 Å². The van der Waals surface area contributed by atoms with E-state index in [4.69, 9.17) is 11.6 Å². The van der Waals surface area contributed by atoms with Crippen molar-refractivity contribution < 1.29 is 0 Å². The lowest BCUT2D eigenvalue weighted by Gasteiger charge is -2.23. The van der Waals surface area contributed by atoms with Crippen molar-refractivity contribution >= 4 is 29.6 Å². The molecule has 1 heterocycles. The minimum absolute atomic E-state index is 0.189. The number of halogens is 1. The second-order valence-electron chi connectivity index (χ2n) is 3.91. The molecule has 0 saturated heterocycles. The monoisotopic (exact) mass is 266 g/mol. The second kappa shape index (κ2) is 5.71. The van der Waals surface area contributed by atoms with Crippen LogP contribution in [0.15, 0.2) is 41.9 Å². The maximum absolute atomic E-state index is 5.89. The van der Waals surface area contributed by atoms with E-state index < -0.39 is 0 Å². The Kier molecular flexibility index (Phi) is 4.26. The van der Waals surface area contributed by atoms with Crippen LogP contribution in [0.5, 0.6) is 0 Å². The number of hydrogen-bond donors (Lipinski definition) is 0. The van der Waals surface area contributed by atoms with Crippen molar-refractivity contribution in [2.24, 2.45) is 4.99 Å². The lowest BCUT2D eigenvalue weighted by atomic mass is 10.1. The molecule has 0 amide bonds. The van der Waals surface area contributed by atoms with Crippen LogP contribution >= 0.6 is 23.4 Å². The van der Waals surface area contributed by atoms with Crippen LogP contribution in [0, 0.1) is 0 Å². The molecule has 1 aliphatic rings. The Labute approximate surface area is 111 Å². The molecule has 17 heavy (non-hydrogen) atoms. The zero-order chi connectivity index (χ0) is 12.3. The molecule has 90 valence electrons. The van der Waals surface area contributed by atoms with Gasteiger partial charge in [0.1, 0.15) is 5.50 Å². The first kappa shape index (κ1) is 12.7. The van der Waals surface area contributed by atoms with E-state index in [0.29, 0.717) is 0 Å². The minimum atomic E-state index is 0.189. The van der Waals surface area contributed by atoms with E-state index in [1.54, 1.807) is 11.8 Å². The fourth-order valence-electron chi connectivity index (χ4n) is 1.80. The maximum Gasteiger partial charge on any atom is 0.149 e. The van der Waals surface area contributed by atoms with Gasteiger partial charge >= 0.3 is 0 Å². The third-order valence-electron chi connectivity index (χ3n) is 2.72. The van der Waals surface area contributed by atoms with E-state index in [1.807, 2.05) is 24.4 Å². The first-order chi connectivity index (χ1) is 8.22. The van der Waals surface area contributed by atoms with E-state index in [1.165, 1.54) is 5.56 Å². The SMILES string of the molecule is C=CCSC1N=CC(c2ccc(Cl)cc2)N1C. The Morgan fingerprint density at radius 2 is 2.18 bits per heavy atom. The topological polar surface area (TPSA) is 15.6 Å². The lowest BCUT2D eigenvalue weighted by molar-refractivity contribution is 0.316. The molecule has 0 radical (unpaired) electrons. The summed E-state index contributed by atoms with van der Waals surface area (Å²) in [4.78, 5) is 6.77. The van der Waals surface area contributed by atoms with Crippen LogP contribution < -0.4 is 0 Å². The molecule has 0 spiro atoms. The number of nitrogens with zero attached hydrogens (tertiary/aromatic N) is 2. The average Bonchev–Trinajstić information content (AvgIpc) is 2.69. The summed E-state index contributed by atoms with van der Waals surface area (Å²) < 4.78 is 0. The molecule has 1 aromatic carbocycles. The van der Waals surface area contributed by atoms with Gasteiger partial charge in [-0.1, -0.05) is 29.8 Å². The summed E-state index contributed by atoms with van der Waals surface area (Å²) >= 11 is 7.67. The largest absolute Gasteiger partial charge is 0.265 e. The maximum atomic E-state index is 5.89. The van der Waals surface area contributed by atoms with E-state index >= 15 is 0 Å². The molecular weight excluding hydrogens is 252 g/mol. The van der Waals surface area contributed by atoms with Gasteiger partial charge in [-0.15, -0.1) is 18.3 Å². The van der Waals surface area contributed by atoms with Crippen molar-refractivity contribution in [2.75, 3.05) is 12.8 Å². The van der Waals surface area contributed by atoms with Crippen LogP contribution in [-0.4, -0.2) is 29.4 Å². The summed E-state index contributed by atoms with van der Waals surface area (Å²) in [6, 6.07) is 8.19. The first-order valence-corrected chi connectivity index (χ1v) is 6.88. The Morgan fingerprint density at radius 1 is 1.47 bits per heavy atom. The van der Waals surface area contributed by atoms with Crippen molar-refractivity contribution in [3.8, 4) is 0 Å². The van der Waals surface area contributed by atoms with Crippen LogP contribution in [0.3, 0.4) is 0 Å². The predicted octanol–water partition coefficient (Wildman–Crippen LogP) is 3.60. The third kappa shape index (κ3) is 2.92. The van der Waals surface area contributed by atoms with Crippen molar-refractivity contribution in [2.45, 2.75) is 11.5 Å². The third-order valence-corrected chi connectivity index (χ3v) is 4.15. The van der Waals surface area contributed by atoms with Gasteiger partial charge in [0.2, 0.25) is 0 Å². The van der Waals surface area contributed by atoms with Crippen LogP contribution in [0.25, 0.3) is 0 Å². The van der Waals surface area contributed by atoms with Gasteiger partial charge < -0.3 is 0 Å². The molecular formula is C13H15ClN2S. The predicted molar refractivity (Wildman–Crippen MR) is 76.9 cm³/mol. The Balaban J connectivity index is 2.07. The van der Waals surface area contributed by atoms with E-state index in [-0.39, 0.29) is 11.5 Å². The zero-order valence-electron chi connectivity index (χ0n) is 9.71. The number of rotatable bonds is 4. The fraction of sp³-hybridized carbons (Fsp3) is 0.308. The van der Waals surface area contributed by atoms with Gasteiger partial charge in [0, 0.05) is 17.0 Å². The normalized spacial score (nSPS) is 24.1. The summed E-state index contributed by atoms with van der Waals surface area (Å²) in [6.07, 6.45) is 3.91. The first-order valence-electron chi connectivity index (χ1n) is 5.45. The molecule has 0 aromatic heterocycles. The van der Waals surface area contributed by atoms with Gasteiger partial charge in [-0.2, -0.15) is 0 Å². The molecule has 2 atom stereocenters.